The zero-order chi connectivity index (χ0) is 21.1. The molecule has 4 nitrogen and oxygen atoms in total. The second-order valence-electron chi connectivity index (χ2n) is 7.72. The van der Waals surface area contributed by atoms with Gasteiger partial charge in [-0.3, -0.25) is 9.59 Å². The number of nitrogens with one attached hydrogen (secondary N) is 1. The molecule has 1 aromatic rings. The molecule has 0 spiro atoms. The van der Waals surface area contributed by atoms with Gasteiger partial charge in [0.05, 0.1) is 0 Å². The first-order chi connectivity index (χ1) is 13.8. The van der Waals surface area contributed by atoms with Crippen molar-refractivity contribution in [2.24, 2.45) is 0 Å². The number of ketones is 1. The molecule has 1 aromatic carbocycles. The van der Waals surface area contributed by atoms with Gasteiger partial charge < -0.3 is 10.2 Å². The van der Waals surface area contributed by atoms with E-state index in [9.17, 15) is 14.0 Å². The van der Waals surface area contributed by atoms with Gasteiger partial charge in [0.2, 0.25) is 0 Å². The standard InChI is InChI=1S/C24H29FN2O2/c1-5-27(6-2)10-9-26-24(29)23-15(3)11-18(16(23)4)12-21-20-14-19(25)8-7-17(20)13-22(21)28/h7-8,12,14H,5-6,9-11,13H2,1-4H3,(H,26,29)/b21-12-. The topological polar surface area (TPSA) is 49.4 Å². The molecule has 1 amide bonds. The molecule has 0 bridgehead atoms. The highest BCUT2D eigenvalue weighted by Crippen LogP contribution is 2.37. The number of allylic oxidation sites excluding steroid dienone is 4. The largest absolute Gasteiger partial charge is 0.351 e. The van der Waals surface area contributed by atoms with Crippen LogP contribution in [0, 0.1) is 5.82 Å². The van der Waals surface area contributed by atoms with E-state index in [0.29, 0.717) is 36.1 Å². The Balaban J connectivity index is 1.79. The maximum Gasteiger partial charge on any atom is 0.251 e. The monoisotopic (exact) mass is 396 g/mol. The molecule has 0 unspecified atom stereocenters. The van der Waals surface area contributed by atoms with E-state index in [0.717, 1.165) is 41.9 Å². The van der Waals surface area contributed by atoms with Crippen LogP contribution in [0.15, 0.2) is 46.6 Å². The summed E-state index contributed by atoms with van der Waals surface area (Å²) in [5.41, 5.74) is 5.64. The van der Waals surface area contributed by atoms with Crippen molar-refractivity contribution in [3.63, 3.8) is 0 Å². The summed E-state index contributed by atoms with van der Waals surface area (Å²) in [4.78, 5) is 27.5. The average Bonchev–Trinajstić information content (AvgIpc) is 3.14. The van der Waals surface area contributed by atoms with E-state index in [1.165, 1.54) is 12.1 Å². The fraction of sp³-hybridized carbons (Fsp3) is 0.417. The van der Waals surface area contributed by atoms with Crippen LogP contribution in [0.1, 0.15) is 45.2 Å². The Hall–Kier alpha value is -2.53. The Bertz CT molecular complexity index is 936. The molecule has 0 aromatic heterocycles. The Labute approximate surface area is 172 Å². The summed E-state index contributed by atoms with van der Waals surface area (Å²) in [5.74, 6) is -0.408. The molecule has 1 N–H and O–H groups in total. The Kier molecular flexibility index (Phi) is 6.48. The second kappa shape index (κ2) is 8.87. The third-order valence-electron chi connectivity index (χ3n) is 5.91. The lowest BCUT2D eigenvalue weighted by Gasteiger charge is -2.18. The molecule has 5 heteroatoms. The van der Waals surface area contributed by atoms with Gasteiger partial charge >= 0.3 is 0 Å². The van der Waals surface area contributed by atoms with E-state index in [2.05, 4.69) is 24.1 Å². The fourth-order valence-electron chi connectivity index (χ4n) is 4.17. The molecule has 2 aliphatic carbocycles. The minimum atomic E-state index is -0.343. The van der Waals surface area contributed by atoms with Crippen LogP contribution in [0.2, 0.25) is 0 Å². The summed E-state index contributed by atoms with van der Waals surface area (Å²) in [6.45, 7) is 11.4. The number of halogens is 1. The number of likely N-dealkylation sites (N-methyl/N-ethyl adjacent to an activating group) is 1. The molecule has 0 atom stereocenters. The summed E-state index contributed by atoms with van der Waals surface area (Å²) in [6, 6.07) is 4.50. The van der Waals surface area contributed by atoms with Crippen molar-refractivity contribution in [3.8, 4) is 0 Å². The van der Waals surface area contributed by atoms with Crippen LogP contribution in [-0.4, -0.2) is 42.8 Å². The Morgan fingerprint density at radius 2 is 1.93 bits per heavy atom. The van der Waals surface area contributed by atoms with Crippen LogP contribution in [0.4, 0.5) is 4.39 Å². The molecular formula is C24H29FN2O2. The summed E-state index contributed by atoms with van der Waals surface area (Å²) in [7, 11) is 0. The highest BCUT2D eigenvalue weighted by Gasteiger charge is 2.28. The smallest absolute Gasteiger partial charge is 0.251 e. The van der Waals surface area contributed by atoms with E-state index in [1.807, 2.05) is 19.9 Å². The van der Waals surface area contributed by atoms with Gasteiger partial charge in [0.1, 0.15) is 5.82 Å². The molecule has 2 aliphatic rings. The summed E-state index contributed by atoms with van der Waals surface area (Å²) >= 11 is 0. The zero-order valence-corrected chi connectivity index (χ0v) is 17.7. The molecule has 0 fully saturated rings. The maximum absolute atomic E-state index is 13.7. The maximum atomic E-state index is 13.7. The zero-order valence-electron chi connectivity index (χ0n) is 17.7. The molecule has 0 saturated carbocycles. The van der Waals surface area contributed by atoms with Crippen molar-refractivity contribution in [3.05, 3.63) is 63.5 Å². The summed E-state index contributed by atoms with van der Waals surface area (Å²) in [5, 5.41) is 3.02. The molecule has 0 radical (unpaired) electrons. The number of amides is 1. The third-order valence-corrected chi connectivity index (χ3v) is 5.91. The number of rotatable bonds is 7. The number of carbonyl (C=O) groups excluding carboxylic acids is 2. The van der Waals surface area contributed by atoms with Crippen LogP contribution < -0.4 is 5.32 Å². The second-order valence-corrected chi connectivity index (χ2v) is 7.72. The molecule has 29 heavy (non-hydrogen) atoms. The summed E-state index contributed by atoms with van der Waals surface area (Å²) in [6.07, 6.45) is 2.79. The van der Waals surface area contributed by atoms with Gasteiger partial charge in [-0.25, -0.2) is 4.39 Å². The predicted molar refractivity (Wildman–Crippen MR) is 114 cm³/mol. The molecule has 0 heterocycles. The average molecular weight is 397 g/mol. The lowest BCUT2D eigenvalue weighted by Crippen LogP contribution is -2.35. The summed E-state index contributed by atoms with van der Waals surface area (Å²) < 4.78 is 13.7. The highest BCUT2D eigenvalue weighted by molar-refractivity contribution is 6.26. The number of Topliss-reactive ketones (excluding diaryl/α,β-unsaturated/α-hetero) is 1. The van der Waals surface area contributed by atoms with Gasteiger partial charge in [-0.15, -0.1) is 0 Å². The third kappa shape index (κ3) is 4.40. The first-order valence-corrected chi connectivity index (χ1v) is 10.3. The Morgan fingerprint density at radius 3 is 2.62 bits per heavy atom. The lowest BCUT2D eigenvalue weighted by atomic mass is 10.0. The number of fused-ring (bicyclic) bond motifs is 1. The van der Waals surface area contributed by atoms with E-state index >= 15 is 0 Å². The molecule has 0 aliphatic heterocycles. The normalized spacial score (nSPS) is 17.7. The van der Waals surface area contributed by atoms with Crippen LogP contribution >= 0.6 is 0 Å². The van der Waals surface area contributed by atoms with Crippen molar-refractivity contribution in [2.75, 3.05) is 26.2 Å². The van der Waals surface area contributed by atoms with Crippen molar-refractivity contribution < 1.29 is 14.0 Å². The number of carbonyl (C=O) groups is 2. The predicted octanol–water partition coefficient (Wildman–Crippen LogP) is 3.83. The van der Waals surface area contributed by atoms with Gasteiger partial charge in [0, 0.05) is 30.7 Å². The molecule has 0 saturated heterocycles. The van der Waals surface area contributed by atoms with Crippen molar-refractivity contribution in [1.82, 2.24) is 10.2 Å². The molecule has 3 rings (SSSR count). The number of hydrogen-bond donors (Lipinski definition) is 1. The van der Waals surface area contributed by atoms with E-state index in [4.69, 9.17) is 0 Å². The van der Waals surface area contributed by atoms with Crippen molar-refractivity contribution >= 4 is 17.3 Å². The lowest BCUT2D eigenvalue weighted by molar-refractivity contribution is -0.117. The quantitative estimate of drug-likeness (QED) is 0.713. The van der Waals surface area contributed by atoms with E-state index in [1.54, 1.807) is 6.07 Å². The van der Waals surface area contributed by atoms with Gasteiger partial charge in [-0.2, -0.15) is 0 Å². The van der Waals surface area contributed by atoms with Gasteiger partial charge in [0.25, 0.3) is 5.91 Å². The van der Waals surface area contributed by atoms with Crippen LogP contribution in [-0.2, 0) is 16.0 Å². The molecular weight excluding hydrogens is 367 g/mol. The first kappa shape index (κ1) is 21.2. The van der Waals surface area contributed by atoms with Crippen molar-refractivity contribution in [2.45, 2.75) is 40.5 Å². The SMILES string of the molecule is CCN(CC)CCNC(=O)C1=C(C)CC(/C=C2\C(=O)Cc3ccc(F)cc32)=C1C. The number of benzene rings is 1. The Morgan fingerprint density at radius 1 is 1.21 bits per heavy atom. The van der Waals surface area contributed by atoms with Crippen molar-refractivity contribution in [1.29, 1.82) is 0 Å². The highest BCUT2D eigenvalue weighted by atomic mass is 19.1. The van der Waals surface area contributed by atoms with Crippen LogP contribution in [0.25, 0.3) is 5.57 Å². The number of nitrogens with zero attached hydrogens (tertiary/aromatic N) is 1. The minimum absolute atomic E-state index is 0.000627. The minimum Gasteiger partial charge on any atom is -0.351 e. The van der Waals surface area contributed by atoms with Gasteiger partial charge in [-0.1, -0.05) is 25.5 Å². The van der Waals surface area contributed by atoms with Gasteiger partial charge in [0.15, 0.2) is 5.78 Å². The van der Waals surface area contributed by atoms with E-state index < -0.39 is 0 Å². The van der Waals surface area contributed by atoms with Gasteiger partial charge in [-0.05, 0) is 73.8 Å². The van der Waals surface area contributed by atoms with Crippen LogP contribution in [0.3, 0.4) is 0 Å². The van der Waals surface area contributed by atoms with E-state index in [-0.39, 0.29) is 17.5 Å². The first-order valence-electron chi connectivity index (χ1n) is 10.3. The molecule has 154 valence electrons. The number of hydrogen-bond acceptors (Lipinski definition) is 3. The van der Waals surface area contributed by atoms with Crippen LogP contribution in [0.5, 0.6) is 0 Å². The fourth-order valence-corrected chi connectivity index (χ4v) is 4.17.